The van der Waals surface area contributed by atoms with Crippen LogP contribution in [0.25, 0.3) is 11.6 Å². The average molecular weight is 342 g/mol. The van der Waals surface area contributed by atoms with Crippen molar-refractivity contribution in [1.82, 2.24) is 15.1 Å². The highest BCUT2D eigenvalue weighted by Crippen LogP contribution is 2.32. The number of carbonyl (C=O) groups excluding carboxylic acids is 1. The third-order valence-electron chi connectivity index (χ3n) is 4.01. The monoisotopic (exact) mass is 342 g/mol. The van der Waals surface area contributed by atoms with E-state index < -0.39 is 11.6 Å². The van der Waals surface area contributed by atoms with Crippen LogP contribution in [0.1, 0.15) is 18.2 Å². The summed E-state index contributed by atoms with van der Waals surface area (Å²) >= 11 is 0. The van der Waals surface area contributed by atoms with Crippen molar-refractivity contribution < 1.29 is 18.1 Å². The maximum absolute atomic E-state index is 13.9. The number of anilines is 1. The van der Waals surface area contributed by atoms with E-state index in [0.29, 0.717) is 11.5 Å². The van der Waals surface area contributed by atoms with E-state index in [1.54, 1.807) is 24.4 Å². The Kier molecular flexibility index (Phi) is 3.72. The van der Waals surface area contributed by atoms with E-state index in [2.05, 4.69) is 15.1 Å². The molecule has 1 atom stereocenters. The van der Waals surface area contributed by atoms with E-state index in [1.165, 1.54) is 4.90 Å². The van der Waals surface area contributed by atoms with Gasteiger partial charge in [0.15, 0.2) is 5.82 Å². The van der Waals surface area contributed by atoms with Crippen LogP contribution in [0, 0.1) is 11.6 Å². The molecule has 1 fully saturated rings. The van der Waals surface area contributed by atoms with Gasteiger partial charge in [0.25, 0.3) is 5.89 Å². The zero-order chi connectivity index (χ0) is 17.4. The molecule has 8 heteroatoms. The maximum Gasteiger partial charge on any atom is 0.276 e. The first-order chi connectivity index (χ1) is 12.1. The number of aromatic nitrogens is 3. The summed E-state index contributed by atoms with van der Waals surface area (Å²) in [6.45, 7) is 0.153. The fraction of sp³-hybridized carbons (Fsp3) is 0.176. The summed E-state index contributed by atoms with van der Waals surface area (Å²) in [5.74, 6) is -1.36. The molecule has 4 rings (SSSR count). The van der Waals surface area contributed by atoms with Crippen LogP contribution in [0.5, 0.6) is 0 Å². The molecule has 25 heavy (non-hydrogen) atoms. The summed E-state index contributed by atoms with van der Waals surface area (Å²) in [6.07, 6.45) is 1.70. The maximum atomic E-state index is 13.9. The van der Waals surface area contributed by atoms with E-state index in [1.807, 2.05) is 0 Å². The topological polar surface area (TPSA) is 72.1 Å². The molecule has 1 aromatic carbocycles. The highest BCUT2D eigenvalue weighted by atomic mass is 19.1. The Morgan fingerprint density at radius 2 is 2.08 bits per heavy atom. The summed E-state index contributed by atoms with van der Waals surface area (Å²) in [5.41, 5.74) is 0.444. The first-order valence-electron chi connectivity index (χ1n) is 7.62. The van der Waals surface area contributed by atoms with Gasteiger partial charge in [-0.1, -0.05) is 11.2 Å². The van der Waals surface area contributed by atoms with Gasteiger partial charge >= 0.3 is 0 Å². The molecular weight excluding hydrogens is 330 g/mol. The molecule has 0 spiro atoms. The van der Waals surface area contributed by atoms with Crippen molar-refractivity contribution in [2.24, 2.45) is 0 Å². The largest absolute Gasteiger partial charge is 0.332 e. The highest BCUT2D eigenvalue weighted by Gasteiger charge is 2.36. The number of rotatable bonds is 3. The molecule has 0 bridgehead atoms. The standard InChI is InChI=1S/C17H12F2N4O2/c18-11-4-5-12(19)14(8-11)23-9-10(7-15(23)24)16-21-17(25-22-16)13-3-1-2-6-20-13/h1-6,8,10H,7,9H2. The van der Waals surface area contributed by atoms with Crippen molar-refractivity contribution in [3.05, 3.63) is 60.1 Å². The van der Waals surface area contributed by atoms with Gasteiger partial charge in [0.1, 0.15) is 17.3 Å². The molecule has 1 amide bonds. The lowest BCUT2D eigenvalue weighted by Crippen LogP contribution is -2.25. The van der Waals surface area contributed by atoms with Gasteiger partial charge in [-0.2, -0.15) is 4.98 Å². The summed E-state index contributed by atoms with van der Waals surface area (Å²) in [5, 5.41) is 3.90. The zero-order valence-electron chi connectivity index (χ0n) is 12.9. The molecule has 6 nitrogen and oxygen atoms in total. The van der Waals surface area contributed by atoms with E-state index in [-0.39, 0.29) is 36.4 Å². The summed E-state index contributed by atoms with van der Waals surface area (Å²) in [4.78, 5) is 21.8. The zero-order valence-corrected chi connectivity index (χ0v) is 12.9. The van der Waals surface area contributed by atoms with Gasteiger partial charge in [0, 0.05) is 31.1 Å². The molecular formula is C17H12F2N4O2. The number of hydrogen-bond acceptors (Lipinski definition) is 5. The molecule has 0 radical (unpaired) electrons. The molecule has 1 aliphatic rings. The molecule has 126 valence electrons. The van der Waals surface area contributed by atoms with Crippen molar-refractivity contribution in [3.8, 4) is 11.6 Å². The van der Waals surface area contributed by atoms with Crippen molar-refractivity contribution in [2.75, 3.05) is 11.4 Å². The molecule has 1 saturated heterocycles. The Labute approximate surface area is 141 Å². The van der Waals surface area contributed by atoms with Gasteiger partial charge in [-0.25, -0.2) is 8.78 Å². The van der Waals surface area contributed by atoms with Gasteiger partial charge in [-0.3, -0.25) is 9.78 Å². The molecule has 0 aliphatic carbocycles. The van der Waals surface area contributed by atoms with Crippen LogP contribution in [0.4, 0.5) is 14.5 Å². The van der Waals surface area contributed by atoms with E-state index in [4.69, 9.17) is 4.52 Å². The van der Waals surface area contributed by atoms with Crippen LogP contribution in [0.15, 0.2) is 47.1 Å². The van der Waals surface area contributed by atoms with Crippen LogP contribution in [-0.4, -0.2) is 27.6 Å². The molecule has 3 heterocycles. The van der Waals surface area contributed by atoms with Gasteiger partial charge in [-0.15, -0.1) is 0 Å². The first-order valence-corrected chi connectivity index (χ1v) is 7.62. The van der Waals surface area contributed by atoms with Crippen LogP contribution in [-0.2, 0) is 4.79 Å². The lowest BCUT2D eigenvalue weighted by Gasteiger charge is -2.16. The second-order valence-electron chi connectivity index (χ2n) is 5.67. The Balaban J connectivity index is 1.59. The van der Waals surface area contributed by atoms with Crippen LogP contribution >= 0.6 is 0 Å². The second kappa shape index (κ2) is 6.04. The number of amides is 1. The minimum atomic E-state index is -0.655. The van der Waals surface area contributed by atoms with Gasteiger partial charge in [0.2, 0.25) is 5.91 Å². The van der Waals surface area contributed by atoms with Crippen molar-refractivity contribution in [1.29, 1.82) is 0 Å². The smallest absolute Gasteiger partial charge is 0.276 e. The number of hydrogen-bond donors (Lipinski definition) is 0. The number of carbonyl (C=O) groups is 1. The van der Waals surface area contributed by atoms with Gasteiger partial charge < -0.3 is 9.42 Å². The third kappa shape index (κ3) is 2.86. The lowest BCUT2D eigenvalue weighted by atomic mass is 10.1. The van der Waals surface area contributed by atoms with Crippen LogP contribution in [0.2, 0.25) is 0 Å². The van der Waals surface area contributed by atoms with E-state index in [0.717, 1.165) is 18.2 Å². The Bertz CT molecular complexity index is 929. The minimum Gasteiger partial charge on any atom is -0.332 e. The van der Waals surface area contributed by atoms with Gasteiger partial charge in [0.05, 0.1) is 5.69 Å². The number of benzene rings is 1. The SMILES string of the molecule is O=C1CC(c2noc(-c3ccccn3)n2)CN1c1cc(F)ccc1F. The highest BCUT2D eigenvalue weighted by molar-refractivity contribution is 5.96. The average Bonchev–Trinajstić information content (AvgIpc) is 3.25. The normalized spacial score (nSPS) is 17.3. The lowest BCUT2D eigenvalue weighted by molar-refractivity contribution is -0.117. The predicted molar refractivity (Wildman–Crippen MR) is 83.6 cm³/mol. The van der Waals surface area contributed by atoms with Crippen molar-refractivity contribution >= 4 is 11.6 Å². The van der Waals surface area contributed by atoms with E-state index in [9.17, 15) is 13.6 Å². The van der Waals surface area contributed by atoms with Crippen LogP contribution < -0.4 is 4.90 Å². The number of pyridine rings is 1. The fourth-order valence-electron chi connectivity index (χ4n) is 2.80. The summed E-state index contributed by atoms with van der Waals surface area (Å²) in [7, 11) is 0. The molecule has 3 aromatic rings. The third-order valence-corrected chi connectivity index (χ3v) is 4.01. The van der Waals surface area contributed by atoms with Gasteiger partial charge in [-0.05, 0) is 24.3 Å². The fourth-order valence-corrected chi connectivity index (χ4v) is 2.80. The van der Waals surface area contributed by atoms with Crippen molar-refractivity contribution in [3.63, 3.8) is 0 Å². The molecule has 2 aromatic heterocycles. The quantitative estimate of drug-likeness (QED) is 0.732. The molecule has 0 N–H and O–H groups in total. The Morgan fingerprint density at radius 1 is 1.20 bits per heavy atom. The number of halogens is 2. The molecule has 1 unspecified atom stereocenters. The summed E-state index contributed by atoms with van der Waals surface area (Å²) in [6, 6.07) is 8.30. The second-order valence-corrected chi connectivity index (χ2v) is 5.67. The Morgan fingerprint density at radius 3 is 2.88 bits per heavy atom. The van der Waals surface area contributed by atoms with Crippen LogP contribution in [0.3, 0.4) is 0 Å². The molecule has 1 aliphatic heterocycles. The van der Waals surface area contributed by atoms with Crippen molar-refractivity contribution in [2.45, 2.75) is 12.3 Å². The minimum absolute atomic E-state index is 0.0825. The first kappa shape index (κ1) is 15.4. The van der Waals surface area contributed by atoms with E-state index >= 15 is 0 Å². The predicted octanol–water partition coefficient (Wildman–Crippen LogP) is 2.93. The number of nitrogens with zero attached hydrogens (tertiary/aromatic N) is 4. The summed E-state index contributed by atoms with van der Waals surface area (Å²) < 4.78 is 32.5. The molecule has 0 saturated carbocycles. The Hall–Kier alpha value is -3.16.